The molecule has 0 radical (unpaired) electrons. The summed E-state index contributed by atoms with van der Waals surface area (Å²) in [7, 11) is 0. The van der Waals surface area contributed by atoms with Crippen molar-refractivity contribution in [2.75, 3.05) is 0 Å². The van der Waals surface area contributed by atoms with Gasteiger partial charge in [-0.25, -0.2) is 0 Å². The summed E-state index contributed by atoms with van der Waals surface area (Å²) in [4.78, 5) is 11.2. The molecule has 1 aliphatic carbocycles. The molecule has 10 nitrogen and oxygen atoms in total. The Morgan fingerprint density at radius 3 is 1.09 bits per heavy atom. The normalized spacial score (nSPS) is 10.7. The van der Waals surface area contributed by atoms with E-state index >= 15 is 0 Å². The minimum Gasteiger partial charge on any atom is -1.00 e. The predicted molar refractivity (Wildman–Crippen MR) is 309 cm³/mol. The Morgan fingerprint density at radius 2 is 0.709 bits per heavy atom. The Bertz CT molecular complexity index is 3910. The number of fused-ring (bicyclic) bond motifs is 6. The summed E-state index contributed by atoms with van der Waals surface area (Å²) < 4.78 is 7.60. The number of para-hydroxylation sites is 2. The first-order valence-electron chi connectivity index (χ1n) is 24.9. The second-order valence-corrected chi connectivity index (χ2v) is 18.8. The number of benzene rings is 10. The topological polar surface area (TPSA) is 116 Å². The molecule has 3 aromatic heterocycles. The van der Waals surface area contributed by atoms with Gasteiger partial charge in [0.05, 0.1) is 22.4 Å². The molecule has 13 aromatic rings. The van der Waals surface area contributed by atoms with Gasteiger partial charge in [-0.3, -0.25) is 13.9 Å². The number of hydrogen-bond acceptors (Lipinski definition) is 7. The van der Waals surface area contributed by atoms with Gasteiger partial charge in [0.1, 0.15) is 0 Å². The molecule has 0 saturated carbocycles. The maximum Gasteiger partial charge on any atom is 1.00 e. The van der Waals surface area contributed by atoms with E-state index in [4.69, 9.17) is 10.1 Å². The maximum atomic E-state index is 8.64. The molecule has 0 saturated heterocycles. The van der Waals surface area contributed by atoms with Crippen LogP contribution in [0.1, 0.15) is 12.6 Å². The number of nitrogens with zero attached hydrogens (tertiary/aromatic N) is 7. The first kappa shape index (κ1) is 57.2. The monoisotopic (exact) mass is 1140 g/mol. The molecule has 0 N–H and O–H groups in total. The third-order valence-electron chi connectivity index (χ3n) is 13.2. The van der Waals surface area contributed by atoms with Gasteiger partial charge in [0.2, 0.25) is 0 Å². The van der Waals surface area contributed by atoms with Crippen molar-refractivity contribution < 1.29 is 119 Å². The standard InChI is InChI=1S/C32H22N4.C20H14BrN3.C13H10.CH2O3.2K.H/c1-3-12-23(13-4-1)31-33-34-32(24-14-5-2-6-15-24)36(31)26-17-11-16-25(22-26)35-29-20-9-7-18-27(29)28-19-8-10-21-30(28)35;21-17-12-7-13-18(14-17)24-19(15-8-3-1-4-9-15)22-23-20(24)16-10-5-2-6-11-16;1-3-7-12-10(5-1)9-11-6-2-4-8-13(11)12;2-1-4-3;;;/h1-22H;1-14H;1-8H,9H2;1,3H;;;/q;;;;2*+1;-1/p-1. The number of carbonyl (C=O) groups is 1. The van der Waals surface area contributed by atoms with Crippen molar-refractivity contribution >= 4 is 44.2 Å². The second kappa shape index (κ2) is 27.6. The van der Waals surface area contributed by atoms with E-state index in [1.165, 1.54) is 44.1 Å². The molecule has 0 spiro atoms. The fourth-order valence-electron chi connectivity index (χ4n) is 9.82. The van der Waals surface area contributed by atoms with Crippen molar-refractivity contribution in [3.8, 4) is 73.7 Å². The average molecular weight is 1150 g/mol. The van der Waals surface area contributed by atoms with Crippen LogP contribution in [0.2, 0.25) is 0 Å². The van der Waals surface area contributed by atoms with Crippen LogP contribution >= 0.6 is 15.9 Å². The van der Waals surface area contributed by atoms with Crippen LogP contribution in [0.15, 0.2) is 271 Å². The van der Waals surface area contributed by atoms with Crippen molar-refractivity contribution in [1.82, 2.24) is 34.1 Å². The minimum atomic E-state index is -0.181. The summed E-state index contributed by atoms with van der Waals surface area (Å²) in [6.07, 6.45) is 1.10. The predicted octanol–water partition coefficient (Wildman–Crippen LogP) is 8.88. The SMILES string of the molecule is Brc1cccc(-n2c(-c3ccccc3)nnc2-c2ccccc2)c1.O=CO[O-].[H-].[K+].[K+].c1ccc(-c2nnc(-c3ccccc3)n2-c2cccc(-n3c4ccccc4c4ccccc43)c2)cc1.c1ccc2c(c1)Cc1ccccc1-2. The largest absolute Gasteiger partial charge is 1.00 e. The molecular weight excluding hydrogens is 1100 g/mol. The van der Waals surface area contributed by atoms with Crippen molar-refractivity contribution in [2.24, 2.45) is 0 Å². The summed E-state index contributed by atoms with van der Waals surface area (Å²) in [5, 5.41) is 29.1. The van der Waals surface area contributed by atoms with E-state index in [-0.39, 0.29) is 111 Å². The summed E-state index contributed by atoms with van der Waals surface area (Å²) >= 11 is 3.56. The van der Waals surface area contributed by atoms with Crippen molar-refractivity contribution in [3.63, 3.8) is 0 Å². The number of rotatable bonds is 8. The van der Waals surface area contributed by atoms with Crippen molar-refractivity contribution in [2.45, 2.75) is 6.42 Å². The Labute approximate surface area is 552 Å². The molecule has 0 atom stereocenters. The van der Waals surface area contributed by atoms with Crippen LogP contribution in [0.25, 0.3) is 95.5 Å². The van der Waals surface area contributed by atoms with Gasteiger partial charge in [-0.05, 0) is 77.2 Å². The smallest absolute Gasteiger partial charge is 1.00 e. The summed E-state index contributed by atoms with van der Waals surface area (Å²) in [5.74, 6) is 3.28. The number of hydrogen-bond donors (Lipinski definition) is 0. The zero-order valence-electron chi connectivity index (χ0n) is 44.4. The first-order chi connectivity index (χ1) is 38.1. The van der Waals surface area contributed by atoms with E-state index in [9.17, 15) is 0 Å². The van der Waals surface area contributed by atoms with E-state index in [2.05, 4.69) is 213 Å². The minimum absolute atomic E-state index is 0. The van der Waals surface area contributed by atoms with Crippen LogP contribution in [0.5, 0.6) is 0 Å². The third kappa shape index (κ3) is 12.7. The molecule has 14 rings (SSSR count). The van der Waals surface area contributed by atoms with Gasteiger partial charge in [-0.15, -0.1) is 20.4 Å². The van der Waals surface area contributed by atoms with Crippen LogP contribution in [-0.4, -0.2) is 40.6 Å². The van der Waals surface area contributed by atoms with Crippen LogP contribution in [-0.2, 0) is 16.1 Å². The summed E-state index contributed by atoms with van der Waals surface area (Å²) in [6.45, 7) is -0.181. The Balaban J connectivity index is 0.000000164. The first-order valence-corrected chi connectivity index (χ1v) is 25.7. The van der Waals surface area contributed by atoms with Gasteiger partial charge >= 0.3 is 103 Å². The zero-order chi connectivity index (χ0) is 52.3. The van der Waals surface area contributed by atoms with Crippen LogP contribution in [0.4, 0.5) is 0 Å². The van der Waals surface area contributed by atoms with Gasteiger partial charge in [0.15, 0.2) is 23.3 Å². The van der Waals surface area contributed by atoms with Crippen molar-refractivity contribution in [3.05, 3.63) is 283 Å². The Morgan fingerprint density at radius 1 is 0.392 bits per heavy atom. The Hall–Kier alpha value is -6.54. The van der Waals surface area contributed by atoms with Gasteiger partial charge < -0.3 is 16.1 Å². The summed E-state index contributed by atoms with van der Waals surface area (Å²) in [5.41, 5.74) is 15.4. The molecule has 3 heterocycles. The quantitative estimate of drug-likeness (QED) is 0.0647. The maximum absolute atomic E-state index is 8.64. The molecule has 0 amide bonds. The number of aromatic nitrogens is 7. The van der Waals surface area contributed by atoms with Gasteiger partial charge in [0.25, 0.3) is 6.47 Å². The molecule has 0 aliphatic heterocycles. The Kier molecular flexibility index (Phi) is 19.9. The molecule has 0 bridgehead atoms. The third-order valence-corrected chi connectivity index (χ3v) is 13.7. The molecule has 0 fully saturated rings. The molecule has 1 aliphatic rings. The number of carbonyl (C=O) groups excluding carboxylic acids is 1. The van der Waals surface area contributed by atoms with Gasteiger partial charge in [-0.1, -0.05) is 234 Å². The molecule has 374 valence electrons. The number of halogens is 1. The van der Waals surface area contributed by atoms with Crippen LogP contribution in [0, 0.1) is 0 Å². The van der Waals surface area contributed by atoms with E-state index in [1.807, 2.05) is 109 Å². The van der Waals surface area contributed by atoms with Gasteiger partial charge in [0, 0.05) is 43.2 Å². The van der Waals surface area contributed by atoms with Crippen LogP contribution in [0.3, 0.4) is 0 Å². The van der Waals surface area contributed by atoms with E-state index in [1.54, 1.807) is 0 Å². The van der Waals surface area contributed by atoms with Crippen molar-refractivity contribution in [1.29, 1.82) is 0 Å². The summed E-state index contributed by atoms with van der Waals surface area (Å²) in [6, 6.07) is 92.0. The molecule has 10 aromatic carbocycles. The zero-order valence-corrected chi connectivity index (χ0v) is 51.3. The molecule has 79 heavy (non-hydrogen) atoms. The fraction of sp³-hybridized carbons (Fsp3) is 0.0152. The molecule has 0 unspecified atom stereocenters. The van der Waals surface area contributed by atoms with Crippen LogP contribution < -0.4 is 108 Å². The van der Waals surface area contributed by atoms with E-state index in [0.29, 0.717) is 0 Å². The fourth-order valence-corrected chi connectivity index (χ4v) is 10.2. The second-order valence-electron chi connectivity index (χ2n) is 17.9. The van der Waals surface area contributed by atoms with E-state index < -0.39 is 0 Å². The average Bonchev–Trinajstić information content (AvgIpc) is 4.38. The van der Waals surface area contributed by atoms with Gasteiger partial charge in [-0.2, -0.15) is 0 Å². The van der Waals surface area contributed by atoms with E-state index in [0.717, 1.165) is 73.5 Å². The molecule has 13 heteroatoms. The molecular formula is C66H48BrK2N7O3.